The lowest BCUT2D eigenvalue weighted by Gasteiger charge is -2.17. The molecule has 74 valence electrons. The van der Waals surface area contributed by atoms with Crippen LogP contribution in [-0.4, -0.2) is 17.2 Å². The van der Waals surface area contributed by atoms with Crippen molar-refractivity contribution in [2.45, 2.75) is 38.5 Å². The van der Waals surface area contributed by atoms with Crippen LogP contribution in [0.4, 0.5) is 0 Å². The number of amides is 1. The van der Waals surface area contributed by atoms with E-state index in [9.17, 15) is 4.79 Å². The first-order valence-electron chi connectivity index (χ1n) is 4.47. The molecular formula is C10H17NOS. The molecule has 0 spiro atoms. The maximum absolute atomic E-state index is 11.4. The summed E-state index contributed by atoms with van der Waals surface area (Å²) < 4.78 is 0. The molecule has 0 bridgehead atoms. The Kier molecular flexibility index (Phi) is 5.65. The van der Waals surface area contributed by atoms with Gasteiger partial charge in [-0.1, -0.05) is 26.7 Å². The van der Waals surface area contributed by atoms with Gasteiger partial charge in [0.2, 0.25) is 5.91 Å². The van der Waals surface area contributed by atoms with E-state index in [2.05, 4.69) is 23.9 Å². The van der Waals surface area contributed by atoms with Gasteiger partial charge in [0.05, 0.1) is 11.3 Å². The van der Waals surface area contributed by atoms with Crippen LogP contribution in [0.2, 0.25) is 0 Å². The molecule has 3 heteroatoms. The molecule has 0 saturated heterocycles. The molecule has 0 rings (SSSR count). The standard InChI is InChI=1S/C10H17NOS/c1-5-8(6-2)11-10(12)9(13)7(3)4/h1,7-9,13H,6H2,2-4H3,(H,11,12). The summed E-state index contributed by atoms with van der Waals surface area (Å²) in [6, 6.07) is -0.166. The Morgan fingerprint density at radius 1 is 1.62 bits per heavy atom. The third-order valence-corrected chi connectivity index (χ3v) is 2.66. The van der Waals surface area contributed by atoms with Gasteiger partial charge in [0.1, 0.15) is 0 Å². The summed E-state index contributed by atoms with van der Waals surface area (Å²) in [5, 5.41) is 2.47. The lowest BCUT2D eigenvalue weighted by molar-refractivity contribution is -0.121. The van der Waals surface area contributed by atoms with Gasteiger partial charge < -0.3 is 5.32 Å². The smallest absolute Gasteiger partial charge is 0.234 e. The number of rotatable bonds is 4. The fraction of sp³-hybridized carbons (Fsp3) is 0.700. The zero-order valence-corrected chi connectivity index (χ0v) is 9.27. The first kappa shape index (κ1) is 12.4. The van der Waals surface area contributed by atoms with Gasteiger partial charge in [0, 0.05) is 0 Å². The second kappa shape index (κ2) is 5.93. The maximum atomic E-state index is 11.4. The molecule has 0 aliphatic heterocycles. The second-order valence-electron chi connectivity index (χ2n) is 3.32. The molecule has 13 heavy (non-hydrogen) atoms. The monoisotopic (exact) mass is 199 g/mol. The number of carbonyl (C=O) groups is 1. The molecule has 1 N–H and O–H groups in total. The second-order valence-corrected chi connectivity index (χ2v) is 3.88. The first-order valence-corrected chi connectivity index (χ1v) is 4.99. The molecular weight excluding hydrogens is 182 g/mol. The third-order valence-electron chi connectivity index (χ3n) is 1.83. The lowest BCUT2D eigenvalue weighted by Crippen LogP contribution is -2.40. The molecule has 0 aliphatic rings. The Labute approximate surface area is 85.9 Å². The van der Waals surface area contributed by atoms with Crippen molar-refractivity contribution < 1.29 is 4.79 Å². The fourth-order valence-electron chi connectivity index (χ4n) is 0.821. The zero-order valence-electron chi connectivity index (χ0n) is 8.37. The Morgan fingerprint density at radius 3 is 2.46 bits per heavy atom. The van der Waals surface area contributed by atoms with Crippen molar-refractivity contribution in [2.75, 3.05) is 0 Å². The fourth-order valence-corrected chi connectivity index (χ4v) is 0.896. The van der Waals surface area contributed by atoms with Crippen molar-refractivity contribution in [3.63, 3.8) is 0 Å². The minimum Gasteiger partial charge on any atom is -0.342 e. The summed E-state index contributed by atoms with van der Waals surface area (Å²) in [4.78, 5) is 11.4. The quantitative estimate of drug-likeness (QED) is 0.521. The average molecular weight is 199 g/mol. The molecule has 0 radical (unpaired) electrons. The molecule has 0 heterocycles. The lowest BCUT2D eigenvalue weighted by atomic mass is 10.1. The number of hydrogen-bond acceptors (Lipinski definition) is 2. The highest BCUT2D eigenvalue weighted by Crippen LogP contribution is 2.08. The normalized spacial score (nSPS) is 14.8. The van der Waals surface area contributed by atoms with E-state index in [1.54, 1.807) is 0 Å². The maximum Gasteiger partial charge on any atom is 0.234 e. The Hall–Kier alpha value is -0.620. The van der Waals surface area contributed by atoms with Gasteiger partial charge in [-0.05, 0) is 12.3 Å². The molecule has 0 fully saturated rings. The van der Waals surface area contributed by atoms with E-state index < -0.39 is 0 Å². The molecule has 0 aliphatic carbocycles. The van der Waals surface area contributed by atoms with Gasteiger partial charge in [-0.25, -0.2) is 0 Å². The molecule has 0 aromatic rings. The van der Waals surface area contributed by atoms with Gasteiger partial charge in [-0.2, -0.15) is 12.6 Å². The highest BCUT2D eigenvalue weighted by molar-refractivity contribution is 7.81. The van der Waals surface area contributed by atoms with Crippen molar-refractivity contribution in [3.05, 3.63) is 0 Å². The highest BCUT2D eigenvalue weighted by Gasteiger charge is 2.19. The van der Waals surface area contributed by atoms with Gasteiger partial charge in [-0.3, -0.25) is 4.79 Å². The molecule has 0 aromatic heterocycles. The van der Waals surface area contributed by atoms with Gasteiger partial charge in [0.15, 0.2) is 0 Å². The van der Waals surface area contributed by atoms with Crippen LogP contribution >= 0.6 is 12.6 Å². The predicted molar refractivity (Wildman–Crippen MR) is 58.7 cm³/mol. The number of nitrogens with one attached hydrogen (secondary N) is 1. The largest absolute Gasteiger partial charge is 0.342 e. The van der Waals surface area contributed by atoms with Crippen molar-refractivity contribution >= 4 is 18.5 Å². The number of hydrogen-bond donors (Lipinski definition) is 2. The van der Waals surface area contributed by atoms with Crippen molar-refractivity contribution in [3.8, 4) is 12.3 Å². The van der Waals surface area contributed by atoms with E-state index in [1.165, 1.54) is 0 Å². The van der Waals surface area contributed by atoms with E-state index >= 15 is 0 Å². The number of thiol groups is 1. The first-order chi connectivity index (χ1) is 6.02. The number of carbonyl (C=O) groups excluding carboxylic acids is 1. The summed E-state index contributed by atoms with van der Waals surface area (Å²) >= 11 is 4.19. The highest BCUT2D eigenvalue weighted by atomic mass is 32.1. The third kappa shape index (κ3) is 4.23. The summed E-state index contributed by atoms with van der Waals surface area (Å²) in [6.07, 6.45) is 5.97. The van der Waals surface area contributed by atoms with Crippen molar-refractivity contribution in [1.82, 2.24) is 5.32 Å². The Balaban J connectivity index is 4.08. The van der Waals surface area contributed by atoms with Crippen molar-refractivity contribution in [1.29, 1.82) is 0 Å². The summed E-state index contributed by atoms with van der Waals surface area (Å²) in [5.74, 6) is 2.65. The molecule has 2 unspecified atom stereocenters. The van der Waals surface area contributed by atoms with Crippen molar-refractivity contribution in [2.24, 2.45) is 5.92 Å². The Bertz CT molecular complexity index is 207. The van der Waals surface area contributed by atoms with E-state index in [1.807, 2.05) is 20.8 Å². The molecule has 0 saturated carbocycles. The van der Waals surface area contributed by atoms with Crippen LogP contribution in [0.3, 0.4) is 0 Å². The van der Waals surface area contributed by atoms with Crippen LogP contribution in [0, 0.1) is 18.3 Å². The Morgan fingerprint density at radius 2 is 2.15 bits per heavy atom. The van der Waals surface area contributed by atoms with Gasteiger partial charge in [-0.15, -0.1) is 6.42 Å². The van der Waals surface area contributed by atoms with Crippen LogP contribution in [0.15, 0.2) is 0 Å². The molecule has 2 nitrogen and oxygen atoms in total. The van der Waals surface area contributed by atoms with Crippen LogP contribution in [0.1, 0.15) is 27.2 Å². The zero-order chi connectivity index (χ0) is 10.4. The van der Waals surface area contributed by atoms with E-state index in [0.717, 1.165) is 6.42 Å². The molecule has 1 amide bonds. The van der Waals surface area contributed by atoms with E-state index in [0.29, 0.717) is 0 Å². The topological polar surface area (TPSA) is 29.1 Å². The van der Waals surface area contributed by atoms with E-state index in [-0.39, 0.29) is 23.1 Å². The SMILES string of the molecule is C#CC(CC)NC(=O)C(S)C(C)C. The minimum atomic E-state index is -0.276. The minimum absolute atomic E-state index is 0.0804. The van der Waals surface area contributed by atoms with Crippen LogP contribution < -0.4 is 5.32 Å². The average Bonchev–Trinajstić information content (AvgIpc) is 2.12. The number of terminal acetylenes is 1. The molecule has 0 aromatic carbocycles. The predicted octanol–water partition coefficient (Wildman–Crippen LogP) is 1.47. The van der Waals surface area contributed by atoms with Gasteiger partial charge in [0.25, 0.3) is 0 Å². The van der Waals surface area contributed by atoms with E-state index in [4.69, 9.17) is 6.42 Å². The van der Waals surface area contributed by atoms with Gasteiger partial charge >= 0.3 is 0 Å². The summed E-state index contributed by atoms with van der Waals surface area (Å²) in [6.45, 7) is 5.84. The summed E-state index contributed by atoms with van der Waals surface area (Å²) in [5.41, 5.74) is 0. The summed E-state index contributed by atoms with van der Waals surface area (Å²) in [7, 11) is 0. The van der Waals surface area contributed by atoms with Crippen LogP contribution in [-0.2, 0) is 4.79 Å². The van der Waals surface area contributed by atoms with Crippen LogP contribution in [0.25, 0.3) is 0 Å². The molecule has 2 atom stereocenters. The van der Waals surface area contributed by atoms with Crippen LogP contribution in [0.5, 0.6) is 0 Å².